The first-order valence-electron chi connectivity index (χ1n) is 5.96. The van der Waals surface area contributed by atoms with Crippen LogP contribution in [0.3, 0.4) is 0 Å². The Balaban J connectivity index is 1.99. The third kappa shape index (κ3) is 3.15. The lowest BCUT2D eigenvalue weighted by molar-refractivity contribution is 0.558. The van der Waals surface area contributed by atoms with Gasteiger partial charge in [0.1, 0.15) is 5.82 Å². The van der Waals surface area contributed by atoms with Gasteiger partial charge in [-0.05, 0) is 38.0 Å². The summed E-state index contributed by atoms with van der Waals surface area (Å²) in [5.41, 5.74) is 2.68. The highest BCUT2D eigenvalue weighted by atomic mass is 32.1. The van der Waals surface area contributed by atoms with Crippen LogP contribution in [-0.2, 0) is 6.54 Å². The van der Waals surface area contributed by atoms with Gasteiger partial charge in [0.15, 0.2) is 0 Å². The molecule has 1 aromatic heterocycles. The van der Waals surface area contributed by atoms with E-state index in [1.807, 2.05) is 31.4 Å². The van der Waals surface area contributed by atoms with Gasteiger partial charge in [0.2, 0.25) is 0 Å². The molecular weight excluding hydrogens is 247 g/mol. The maximum atomic E-state index is 13.5. The Bertz CT molecular complexity index is 536. The van der Waals surface area contributed by atoms with Gasteiger partial charge in [-0.15, -0.1) is 11.3 Å². The number of rotatable bonds is 4. The fraction of sp³-hybridized carbons (Fsp3) is 0.357. The fourth-order valence-corrected chi connectivity index (χ4v) is 2.36. The summed E-state index contributed by atoms with van der Waals surface area (Å²) in [7, 11) is 0. The van der Waals surface area contributed by atoms with Crippen LogP contribution in [0.1, 0.15) is 34.8 Å². The zero-order chi connectivity index (χ0) is 13.1. The number of nitrogens with zero attached hydrogens (tertiary/aromatic N) is 1. The molecule has 18 heavy (non-hydrogen) atoms. The number of aromatic nitrogens is 1. The van der Waals surface area contributed by atoms with Crippen molar-refractivity contribution in [2.24, 2.45) is 0 Å². The second-order valence-electron chi connectivity index (χ2n) is 4.47. The first-order chi connectivity index (χ1) is 8.56. The largest absolute Gasteiger partial charge is 0.305 e. The van der Waals surface area contributed by atoms with Crippen molar-refractivity contribution in [1.29, 1.82) is 0 Å². The van der Waals surface area contributed by atoms with Gasteiger partial charge in [0.05, 0.1) is 10.7 Å². The van der Waals surface area contributed by atoms with Crippen LogP contribution in [0.5, 0.6) is 0 Å². The van der Waals surface area contributed by atoms with Crippen LogP contribution in [0.4, 0.5) is 4.39 Å². The molecule has 2 nitrogen and oxygen atoms in total. The molecule has 96 valence electrons. The number of aryl methyl sites for hydroxylation is 2. The SMILES string of the molecule is Cc1nc(CNC(C)c2ccc(C)c(F)c2)cs1. The number of thiazole rings is 1. The number of benzene rings is 1. The van der Waals surface area contributed by atoms with E-state index in [4.69, 9.17) is 0 Å². The lowest BCUT2D eigenvalue weighted by Crippen LogP contribution is -2.18. The topological polar surface area (TPSA) is 24.9 Å². The standard InChI is InChI=1S/C14H17FN2S/c1-9-4-5-12(6-14(9)15)10(2)16-7-13-8-18-11(3)17-13/h4-6,8,10,16H,7H2,1-3H3. The first-order valence-corrected chi connectivity index (χ1v) is 6.84. The summed E-state index contributed by atoms with van der Waals surface area (Å²) >= 11 is 1.65. The van der Waals surface area contributed by atoms with Crippen LogP contribution < -0.4 is 5.32 Å². The van der Waals surface area contributed by atoms with E-state index in [0.717, 1.165) is 16.3 Å². The highest BCUT2D eigenvalue weighted by molar-refractivity contribution is 7.09. The summed E-state index contributed by atoms with van der Waals surface area (Å²) in [5, 5.41) is 6.47. The fourth-order valence-electron chi connectivity index (χ4n) is 1.74. The van der Waals surface area contributed by atoms with E-state index in [9.17, 15) is 4.39 Å². The number of nitrogens with one attached hydrogen (secondary N) is 1. The van der Waals surface area contributed by atoms with Crippen LogP contribution >= 0.6 is 11.3 Å². The molecule has 1 N–H and O–H groups in total. The Morgan fingerprint density at radius 1 is 1.39 bits per heavy atom. The summed E-state index contributed by atoms with van der Waals surface area (Å²) in [4.78, 5) is 4.39. The molecule has 0 amide bonds. The molecule has 1 atom stereocenters. The third-order valence-electron chi connectivity index (χ3n) is 2.95. The lowest BCUT2D eigenvalue weighted by atomic mass is 10.1. The monoisotopic (exact) mass is 264 g/mol. The Morgan fingerprint density at radius 2 is 2.17 bits per heavy atom. The molecule has 0 fully saturated rings. The highest BCUT2D eigenvalue weighted by Gasteiger charge is 2.08. The minimum Gasteiger partial charge on any atom is -0.305 e. The van der Waals surface area contributed by atoms with Gasteiger partial charge in [-0.25, -0.2) is 9.37 Å². The third-order valence-corrected chi connectivity index (χ3v) is 3.77. The van der Waals surface area contributed by atoms with Crippen molar-refractivity contribution in [3.05, 3.63) is 51.2 Å². The molecule has 0 aliphatic carbocycles. The molecule has 2 aromatic rings. The van der Waals surface area contributed by atoms with Gasteiger partial charge >= 0.3 is 0 Å². The van der Waals surface area contributed by atoms with Gasteiger partial charge in [-0.1, -0.05) is 12.1 Å². The van der Waals surface area contributed by atoms with Crippen molar-refractivity contribution >= 4 is 11.3 Å². The summed E-state index contributed by atoms with van der Waals surface area (Å²) in [5.74, 6) is -0.148. The van der Waals surface area contributed by atoms with Crippen molar-refractivity contribution in [3.8, 4) is 0 Å². The molecule has 1 heterocycles. The first kappa shape index (κ1) is 13.2. The molecule has 0 aliphatic heterocycles. The van der Waals surface area contributed by atoms with Crippen LogP contribution in [-0.4, -0.2) is 4.98 Å². The summed E-state index contributed by atoms with van der Waals surface area (Å²) in [6, 6.07) is 5.49. The predicted molar refractivity (Wildman–Crippen MR) is 73.2 cm³/mol. The quantitative estimate of drug-likeness (QED) is 0.909. The summed E-state index contributed by atoms with van der Waals surface area (Å²) in [6.07, 6.45) is 0. The van der Waals surface area contributed by atoms with E-state index in [1.54, 1.807) is 24.3 Å². The Labute approximate surface area is 111 Å². The molecule has 0 bridgehead atoms. The average molecular weight is 264 g/mol. The number of halogens is 1. The van der Waals surface area contributed by atoms with Crippen molar-refractivity contribution < 1.29 is 4.39 Å². The predicted octanol–water partition coefficient (Wildman–Crippen LogP) is 3.75. The van der Waals surface area contributed by atoms with E-state index in [2.05, 4.69) is 10.3 Å². The van der Waals surface area contributed by atoms with E-state index in [1.165, 1.54) is 0 Å². The second-order valence-corrected chi connectivity index (χ2v) is 5.53. The van der Waals surface area contributed by atoms with E-state index >= 15 is 0 Å². The molecule has 4 heteroatoms. The van der Waals surface area contributed by atoms with Crippen LogP contribution in [0, 0.1) is 19.7 Å². The molecule has 0 saturated carbocycles. The van der Waals surface area contributed by atoms with Crippen molar-refractivity contribution in [1.82, 2.24) is 10.3 Å². The maximum absolute atomic E-state index is 13.5. The Kier molecular flexibility index (Phi) is 4.09. The van der Waals surface area contributed by atoms with E-state index < -0.39 is 0 Å². The Hall–Kier alpha value is -1.26. The molecule has 1 unspecified atom stereocenters. The maximum Gasteiger partial charge on any atom is 0.126 e. The van der Waals surface area contributed by atoms with Crippen LogP contribution in [0.25, 0.3) is 0 Å². The van der Waals surface area contributed by atoms with Crippen LogP contribution in [0.15, 0.2) is 23.6 Å². The summed E-state index contributed by atoms with van der Waals surface area (Å²) < 4.78 is 13.5. The molecule has 1 aromatic carbocycles. The van der Waals surface area contributed by atoms with Crippen LogP contribution in [0.2, 0.25) is 0 Å². The zero-order valence-corrected chi connectivity index (χ0v) is 11.6. The van der Waals surface area contributed by atoms with E-state index in [-0.39, 0.29) is 11.9 Å². The van der Waals surface area contributed by atoms with Gasteiger partial charge in [-0.3, -0.25) is 0 Å². The number of hydrogen-bond donors (Lipinski definition) is 1. The normalized spacial score (nSPS) is 12.7. The smallest absolute Gasteiger partial charge is 0.126 e. The van der Waals surface area contributed by atoms with Crippen molar-refractivity contribution in [3.63, 3.8) is 0 Å². The minimum atomic E-state index is -0.148. The molecule has 0 radical (unpaired) electrons. The molecule has 0 saturated heterocycles. The molecule has 0 spiro atoms. The van der Waals surface area contributed by atoms with Gasteiger partial charge in [-0.2, -0.15) is 0 Å². The lowest BCUT2D eigenvalue weighted by Gasteiger charge is -2.14. The average Bonchev–Trinajstić information content (AvgIpc) is 2.75. The van der Waals surface area contributed by atoms with E-state index in [0.29, 0.717) is 12.1 Å². The molecule has 0 aliphatic rings. The van der Waals surface area contributed by atoms with Gasteiger partial charge in [0.25, 0.3) is 0 Å². The van der Waals surface area contributed by atoms with Gasteiger partial charge in [0, 0.05) is 18.0 Å². The highest BCUT2D eigenvalue weighted by Crippen LogP contribution is 2.17. The second kappa shape index (κ2) is 5.59. The molecular formula is C14H17FN2S. The van der Waals surface area contributed by atoms with Crippen molar-refractivity contribution in [2.45, 2.75) is 33.4 Å². The molecule has 2 rings (SSSR count). The number of hydrogen-bond acceptors (Lipinski definition) is 3. The summed E-state index contributed by atoms with van der Waals surface area (Å²) in [6.45, 7) is 6.51. The van der Waals surface area contributed by atoms with Gasteiger partial charge < -0.3 is 5.32 Å². The zero-order valence-electron chi connectivity index (χ0n) is 10.8. The Morgan fingerprint density at radius 3 is 2.78 bits per heavy atom. The van der Waals surface area contributed by atoms with Crippen molar-refractivity contribution in [2.75, 3.05) is 0 Å². The minimum absolute atomic E-state index is 0.113.